The Labute approximate surface area is 151 Å². The molecule has 0 bridgehead atoms. The summed E-state index contributed by atoms with van der Waals surface area (Å²) in [4.78, 5) is 14.0. The van der Waals surface area contributed by atoms with Gasteiger partial charge in [0.2, 0.25) is 0 Å². The summed E-state index contributed by atoms with van der Waals surface area (Å²) in [6.07, 6.45) is 5.76. The van der Waals surface area contributed by atoms with Crippen LogP contribution in [0.15, 0.2) is 12.1 Å². The summed E-state index contributed by atoms with van der Waals surface area (Å²) < 4.78 is 19.1. The van der Waals surface area contributed by atoms with Crippen LogP contribution in [-0.4, -0.2) is 30.6 Å². The lowest BCUT2D eigenvalue weighted by atomic mass is 9.63. The molecule has 1 heterocycles. The van der Waals surface area contributed by atoms with Crippen LogP contribution >= 0.6 is 0 Å². The molecule has 0 spiro atoms. The number of nitrogens with zero attached hydrogens (tertiary/aromatic N) is 1. The van der Waals surface area contributed by atoms with Crippen LogP contribution in [0.1, 0.15) is 74.9 Å². The van der Waals surface area contributed by atoms with Gasteiger partial charge < -0.3 is 4.74 Å². The summed E-state index contributed by atoms with van der Waals surface area (Å²) in [5.74, 6) is -0.744. The molecule has 0 saturated heterocycles. The number of carbonyl (C=O) groups is 1. The van der Waals surface area contributed by atoms with Gasteiger partial charge in [-0.1, -0.05) is 34.1 Å². The molecule has 2 aliphatic rings. The van der Waals surface area contributed by atoms with Crippen LogP contribution in [0.2, 0.25) is 0 Å². The Balaban J connectivity index is 0.00000109. The first kappa shape index (κ1) is 19.9. The SMILES string of the molecule is CC.CCCC1(C)CC(N2CCc3cc(C(=O)OC)cc(F)c3C2)C1. The summed E-state index contributed by atoms with van der Waals surface area (Å²) in [7, 11) is 1.32. The van der Waals surface area contributed by atoms with Crippen LogP contribution in [0.4, 0.5) is 4.39 Å². The molecular formula is C21H32FNO2. The van der Waals surface area contributed by atoms with Gasteiger partial charge in [0.25, 0.3) is 0 Å². The fraction of sp³-hybridized carbons (Fsp3) is 0.667. The highest BCUT2D eigenvalue weighted by Gasteiger charge is 2.42. The molecular weight excluding hydrogens is 317 g/mol. The zero-order valence-electron chi connectivity index (χ0n) is 16.3. The number of benzene rings is 1. The molecule has 4 heteroatoms. The van der Waals surface area contributed by atoms with Crippen LogP contribution in [0.5, 0.6) is 0 Å². The molecule has 1 aliphatic heterocycles. The highest BCUT2D eigenvalue weighted by molar-refractivity contribution is 5.89. The molecule has 1 aromatic carbocycles. The number of carbonyl (C=O) groups excluding carboxylic acids is 1. The van der Waals surface area contributed by atoms with E-state index in [2.05, 4.69) is 18.7 Å². The molecule has 0 amide bonds. The third kappa shape index (κ3) is 4.22. The van der Waals surface area contributed by atoms with Crippen molar-refractivity contribution in [2.45, 2.75) is 72.4 Å². The Morgan fingerprint density at radius 3 is 2.64 bits per heavy atom. The van der Waals surface area contributed by atoms with Gasteiger partial charge in [-0.05, 0) is 48.8 Å². The number of esters is 1. The van der Waals surface area contributed by atoms with E-state index >= 15 is 0 Å². The lowest BCUT2D eigenvalue weighted by Crippen LogP contribution is -2.51. The second-order valence-corrected chi connectivity index (χ2v) is 7.43. The summed E-state index contributed by atoms with van der Waals surface area (Å²) in [6.45, 7) is 10.2. The van der Waals surface area contributed by atoms with E-state index in [0.29, 0.717) is 23.6 Å². The maximum atomic E-state index is 14.4. The van der Waals surface area contributed by atoms with Crippen LogP contribution in [0.25, 0.3) is 0 Å². The van der Waals surface area contributed by atoms with Crippen LogP contribution in [-0.2, 0) is 17.7 Å². The first-order chi connectivity index (χ1) is 12.0. The first-order valence-corrected chi connectivity index (χ1v) is 9.59. The average Bonchev–Trinajstić information content (AvgIpc) is 2.60. The lowest BCUT2D eigenvalue weighted by Gasteiger charge is -2.51. The smallest absolute Gasteiger partial charge is 0.337 e. The molecule has 0 N–H and O–H groups in total. The number of methoxy groups -OCH3 is 1. The predicted octanol–water partition coefficient (Wildman–Crippen LogP) is 4.97. The molecule has 1 aliphatic carbocycles. The van der Waals surface area contributed by atoms with Crippen molar-refractivity contribution < 1.29 is 13.9 Å². The van der Waals surface area contributed by atoms with Gasteiger partial charge in [-0.2, -0.15) is 0 Å². The van der Waals surface area contributed by atoms with E-state index in [9.17, 15) is 9.18 Å². The van der Waals surface area contributed by atoms with Crippen LogP contribution < -0.4 is 0 Å². The van der Waals surface area contributed by atoms with Gasteiger partial charge in [-0.3, -0.25) is 4.90 Å². The summed E-state index contributed by atoms with van der Waals surface area (Å²) in [5, 5.41) is 0. The second kappa shape index (κ2) is 8.31. The Morgan fingerprint density at radius 2 is 2.04 bits per heavy atom. The maximum Gasteiger partial charge on any atom is 0.337 e. The summed E-state index contributed by atoms with van der Waals surface area (Å²) in [5.41, 5.74) is 2.51. The molecule has 3 nitrogen and oxygen atoms in total. The Kier molecular flexibility index (Phi) is 6.61. The quantitative estimate of drug-likeness (QED) is 0.719. The van der Waals surface area contributed by atoms with Gasteiger partial charge in [0, 0.05) is 24.7 Å². The number of rotatable bonds is 4. The Bertz CT molecular complexity index is 608. The summed E-state index contributed by atoms with van der Waals surface area (Å²) >= 11 is 0. The fourth-order valence-corrected chi connectivity index (χ4v) is 4.33. The second-order valence-electron chi connectivity index (χ2n) is 7.43. The normalized spacial score (nSPS) is 25.3. The van der Waals surface area contributed by atoms with Gasteiger partial charge in [-0.25, -0.2) is 9.18 Å². The van der Waals surface area contributed by atoms with Gasteiger partial charge in [0.1, 0.15) is 5.82 Å². The van der Waals surface area contributed by atoms with E-state index in [-0.39, 0.29) is 5.82 Å². The molecule has 3 rings (SSSR count). The zero-order valence-corrected chi connectivity index (χ0v) is 16.3. The fourth-order valence-electron chi connectivity index (χ4n) is 4.33. The number of halogens is 1. The van der Waals surface area contributed by atoms with E-state index in [1.165, 1.54) is 38.9 Å². The van der Waals surface area contributed by atoms with Crippen molar-refractivity contribution >= 4 is 5.97 Å². The number of hydrogen-bond acceptors (Lipinski definition) is 3. The molecule has 0 aromatic heterocycles. The minimum absolute atomic E-state index is 0.275. The lowest BCUT2D eigenvalue weighted by molar-refractivity contribution is -0.000966. The minimum atomic E-state index is -0.469. The van der Waals surface area contributed by atoms with E-state index in [1.807, 2.05) is 13.8 Å². The minimum Gasteiger partial charge on any atom is -0.465 e. The molecule has 0 radical (unpaired) electrons. The van der Waals surface area contributed by atoms with Crippen molar-refractivity contribution in [1.29, 1.82) is 0 Å². The van der Waals surface area contributed by atoms with Crippen molar-refractivity contribution in [2.24, 2.45) is 5.41 Å². The monoisotopic (exact) mass is 349 g/mol. The standard InChI is InChI=1S/C19H26FNO2.C2H6/c1-4-6-19(2)10-15(11-19)21-7-5-13-8-14(18(22)23-3)9-17(20)16(13)12-21;1-2/h8-9,15H,4-7,10-12H2,1-3H3;1-2H3. The molecule has 1 aromatic rings. The molecule has 1 fully saturated rings. The van der Waals surface area contributed by atoms with Crippen molar-refractivity contribution in [3.8, 4) is 0 Å². The molecule has 0 atom stereocenters. The van der Waals surface area contributed by atoms with Gasteiger partial charge in [0.15, 0.2) is 0 Å². The molecule has 0 unspecified atom stereocenters. The zero-order chi connectivity index (χ0) is 18.6. The van der Waals surface area contributed by atoms with E-state index in [4.69, 9.17) is 4.74 Å². The number of ether oxygens (including phenoxy) is 1. The van der Waals surface area contributed by atoms with Crippen molar-refractivity contribution in [1.82, 2.24) is 4.90 Å². The third-order valence-electron chi connectivity index (χ3n) is 5.57. The van der Waals surface area contributed by atoms with Crippen molar-refractivity contribution in [2.75, 3.05) is 13.7 Å². The summed E-state index contributed by atoms with van der Waals surface area (Å²) in [6, 6.07) is 3.69. The van der Waals surface area contributed by atoms with E-state index in [1.54, 1.807) is 6.07 Å². The molecule has 1 saturated carbocycles. The third-order valence-corrected chi connectivity index (χ3v) is 5.57. The van der Waals surface area contributed by atoms with Gasteiger partial charge in [0.05, 0.1) is 12.7 Å². The van der Waals surface area contributed by atoms with E-state index < -0.39 is 5.97 Å². The van der Waals surface area contributed by atoms with Crippen molar-refractivity contribution in [3.05, 3.63) is 34.6 Å². The van der Waals surface area contributed by atoms with Crippen molar-refractivity contribution in [3.63, 3.8) is 0 Å². The van der Waals surface area contributed by atoms with Gasteiger partial charge >= 0.3 is 5.97 Å². The molecule has 25 heavy (non-hydrogen) atoms. The Hall–Kier alpha value is -1.42. The maximum absolute atomic E-state index is 14.4. The molecule has 140 valence electrons. The van der Waals surface area contributed by atoms with E-state index in [0.717, 1.165) is 24.1 Å². The first-order valence-electron chi connectivity index (χ1n) is 9.59. The van der Waals surface area contributed by atoms with Crippen LogP contribution in [0.3, 0.4) is 0 Å². The number of hydrogen-bond donors (Lipinski definition) is 0. The van der Waals surface area contributed by atoms with Gasteiger partial charge in [-0.15, -0.1) is 0 Å². The van der Waals surface area contributed by atoms with Crippen LogP contribution in [0, 0.1) is 11.2 Å². The largest absolute Gasteiger partial charge is 0.465 e. The Morgan fingerprint density at radius 1 is 1.36 bits per heavy atom. The number of fused-ring (bicyclic) bond motifs is 1. The highest BCUT2D eigenvalue weighted by atomic mass is 19.1. The average molecular weight is 349 g/mol. The predicted molar refractivity (Wildman–Crippen MR) is 99.2 cm³/mol. The topological polar surface area (TPSA) is 29.5 Å². The highest BCUT2D eigenvalue weighted by Crippen LogP contribution is 2.47.